The second kappa shape index (κ2) is 9.22. The molecule has 2 aromatic carbocycles. The molecular weight excluding hydrogens is 404 g/mol. The third kappa shape index (κ3) is 4.21. The Labute approximate surface area is 187 Å². The lowest BCUT2D eigenvalue weighted by atomic mass is 9.98. The minimum absolute atomic E-state index is 0.0866. The van der Waals surface area contributed by atoms with Crippen molar-refractivity contribution in [2.75, 3.05) is 6.61 Å². The van der Waals surface area contributed by atoms with Crippen LogP contribution in [0, 0.1) is 5.92 Å². The van der Waals surface area contributed by atoms with E-state index in [-0.39, 0.29) is 25.0 Å². The molecule has 1 N–H and O–H groups in total. The van der Waals surface area contributed by atoms with Gasteiger partial charge >= 0.3 is 12.1 Å². The third-order valence-electron chi connectivity index (χ3n) is 5.89. The molecule has 1 atom stereocenters. The number of benzene rings is 2. The molecule has 1 heterocycles. The van der Waals surface area contributed by atoms with Gasteiger partial charge in [0.15, 0.2) is 0 Å². The van der Waals surface area contributed by atoms with Crippen molar-refractivity contribution in [3.8, 4) is 11.1 Å². The minimum atomic E-state index is -1.05. The van der Waals surface area contributed by atoms with Gasteiger partial charge in [-0.1, -0.05) is 62.4 Å². The summed E-state index contributed by atoms with van der Waals surface area (Å²) < 4.78 is 5.76. The van der Waals surface area contributed by atoms with Gasteiger partial charge < -0.3 is 9.84 Å². The van der Waals surface area contributed by atoms with Crippen molar-refractivity contribution in [2.24, 2.45) is 5.92 Å². The van der Waals surface area contributed by atoms with E-state index in [1.807, 2.05) is 24.3 Å². The average Bonchev–Trinajstić information content (AvgIpc) is 3.11. The number of amides is 1. The maximum absolute atomic E-state index is 13.2. The number of aliphatic carboxylic acids is 1. The molecule has 6 heteroatoms. The van der Waals surface area contributed by atoms with Crippen molar-refractivity contribution in [3.63, 3.8) is 0 Å². The number of rotatable bonds is 7. The van der Waals surface area contributed by atoms with Crippen LogP contribution in [-0.4, -0.2) is 39.7 Å². The molecule has 164 valence electrons. The van der Waals surface area contributed by atoms with Crippen LogP contribution in [0.3, 0.4) is 0 Å². The fourth-order valence-corrected chi connectivity index (χ4v) is 4.42. The number of carboxylic acid groups (broad SMARTS) is 1. The van der Waals surface area contributed by atoms with E-state index in [0.29, 0.717) is 0 Å². The van der Waals surface area contributed by atoms with E-state index in [2.05, 4.69) is 29.2 Å². The fourth-order valence-electron chi connectivity index (χ4n) is 4.42. The molecule has 1 unspecified atom stereocenters. The zero-order valence-corrected chi connectivity index (χ0v) is 18.1. The zero-order valence-electron chi connectivity index (χ0n) is 18.1. The van der Waals surface area contributed by atoms with E-state index in [9.17, 15) is 14.7 Å². The fraction of sp³-hybridized carbons (Fsp3) is 0.269. The summed E-state index contributed by atoms with van der Waals surface area (Å²) in [6.07, 6.45) is 2.61. The number of hydrogen-bond donors (Lipinski definition) is 1. The lowest BCUT2D eigenvalue weighted by molar-refractivity contribution is -0.144. The number of carbonyl (C=O) groups is 2. The van der Waals surface area contributed by atoms with Crippen LogP contribution in [0.4, 0.5) is 4.79 Å². The maximum atomic E-state index is 13.2. The van der Waals surface area contributed by atoms with Crippen LogP contribution in [0.25, 0.3) is 11.1 Å². The molecule has 3 aromatic rings. The van der Waals surface area contributed by atoms with Gasteiger partial charge in [0.05, 0.1) is 6.54 Å². The summed E-state index contributed by atoms with van der Waals surface area (Å²) in [7, 11) is 0. The minimum Gasteiger partial charge on any atom is -0.480 e. The first-order valence-corrected chi connectivity index (χ1v) is 10.7. The zero-order chi connectivity index (χ0) is 22.7. The molecular formula is C26H26N2O4. The highest BCUT2D eigenvalue weighted by Crippen LogP contribution is 2.44. The monoisotopic (exact) mass is 430 g/mol. The molecule has 0 radical (unpaired) electrons. The number of aromatic nitrogens is 1. The predicted molar refractivity (Wildman–Crippen MR) is 121 cm³/mol. The van der Waals surface area contributed by atoms with Gasteiger partial charge in [-0.05, 0) is 45.9 Å². The van der Waals surface area contributed by atoms with Crippen molar-refractivity contribution in [2.45, 2.75) is 32.4 Å². The molecule has 0 aliphatic heterocycles. The molecule has 1 aliphatic rings. The van der Waals surface area contributed by atoms with E-state index in [4.69, 9.17) is 4.74 Å². The van der Waals surface area contributed by atoms with Crippen molar-refractivity contribution >= 4 is 12.1 Å². The average molecular weight is 431 g/mol. The summed E-state index contributed by atoms with van der Waals surface area (Å²) in [6, 6.07) is 18.7. The number of pyridine rings is 1. The van der Waals surface area contributed by atoms with Crippen LogP contribution >= 0.6 is 0 Å². The molecule has 0 bridgehead atoms. The van der Waals surface area contributed by atoms with Crippen LogP contribution in [0.1, 0.15) is 36.5 Å². The molecule has 0 spiro atoms. The Balaban J connectivity index is 1.58. The van der Waals surface area contributed by atoms with Crippen molar-refractivity contribution in [1.29, 1.82) is 0 Å². The van der Waals surface area contributed by atoms with Crippen molar-refractivity contribution < 1.29 is 19.4 Å². The normalized spacial score (nSPS) is 13.3. The van der Waals surface area contributed by atoms with Gasteiger partial charge in [0.1, 0.15) is 12.6 Å². The van der Waals surface area contributed by atoms with Crippen molar-refractivity contribution in [3.05, 3.63) is 89.7 Å². The van der Waals surface area contributed by atoms with Gasteiger partial charge in [-0.25, -0.2) is 9.59 Å². The number of nitrogens with zero attached hydrogens (tertiary/aromatic N) is 2. The second-order valence-electron chi connectivity index (χ2n) is 8.31. The quantitative estimate of drug-likeness (QED) is 0.574. The van der Waals surface area contributed by atoms with E-state index in [1.54, 1.807) is 38.4 Å². The number of carbonyl (C=O) groups excluding carboxylic acids is 1. The standard InChI is InChI=1S/C26H26N2O4/c1-17(2)24(25(29)30)28(15-18-11-13-27-14-12-18)26(31)32-16-23-21-9-5-3-7-19(21)20-8-4-6-10-22(20)23/h3-14,17,23-24H,15-16H2,1-2H3,(H,29,30). The highest BCUT2D eigenvalue weighted by Gasteiger charge is 2.35. The van der Waals surface area contributed by atoms with E-state index >= 15 is 0 Å². The highest BCUT2D eigenvalue weighted by atomic mass is 16.6. The SMILES string of the molecule is CC(C)C(C(=O)O)N(Cc1ccncc1)C(=O)OCC1c2ccccc2-c2ccccc21. The van der Waals surface area contributed by atoms with Crippen LogP contribution in [0.15, 0.2) is 73.1 Å². The van der Waals surface area contributed by atoms with Gasteiger partial charge in [0, 0.05) is 18.3 Å². The number of ether oxygens (including phenoxy) is 1. The topological polar surface area (TPSA) is 79.7 Å². The first kappa shape index (κ1) is 21.6. The number of carboxylic acids is 1. The third-order valence-corrected chi connectivity index (χ3v) is 5.89. The van der Waals surface area contributed by atoms with E-state index in [1.165, 1.54) is 4.90 Å². The Morgan fingerprint density at radius 1 is 0.969 bits per heavy atom. The Morgan fingerprint density at radius 2 is 1.53 bits per heavy atom. The van der Waals surface area contributed by atoms with Gasteiger partial charge in [-0.3, -0.25) is 9.88 Å². The first-order chi connectivity index (χ1) is 15.5. The Hall–Kier alpha value is -3.67. The first-order valence-electron chi connectivity index (χ1n) is 10.7. The highest BCUT2D eigenvalue weighted by molar-refractivity contribution is 5.81. The molecule has 1 aromatic heterocycles. The molecule has 4 rings (SSSR count). The van der Waals surface area contributed by atoms with Crippen LogP contribution in [0.2, 0.25) is 0 Å². The Kier molecular flexibility index (Phi) is 6.21. The van der Waals surface area contributed by atoms with E-state index < -0.39 is 18.1 Å². The molecule has 0 saturated carbocycles. The molecule has 32 heavy (non-hydrogen) atoms. The maximum Gasteiger partial charge on any atom is 0.410 e. The van der Waals surface area contributed by atoms with Gasteiger partial charge in [0.25, 0.3) is 0 Å². The van der Waals surface area contributed by atoms with Crippen LogP contribution in [-0.2, 0) is 16.1 Å². The summed E-state index contributed by atoms with van der Waals surface area (Å²) in [5, 5.41) is 9.82. The van der Waals surface area contributed by atoms with Crippen LogP contribution < -0.4 is 0 Å². The number of fused-ring (bicyclic) bond motifs is 3. The summed E-state index contributed by atoms with van der Waals surface area (Å²) in [6.45, 7) is 3.85. The largest absolute Gasteiger partial charge is 0.480 e. The van der Waals surface area contributed by atoms with Crippen molar-refractivity contribution in [1.82, 2.24) is 9.88 Å². The smallest absolute Gasteiger partial charge is 0.410 e. The lowest BCUT2D eigenvalue weighted by Crippen LogP contribution is -2.48. The Morgan fingerprint density at radius 3 is 2.06 bits per heavy atom. The summed E-state index contributed by atoms with van der Waals surface area (Å²) >= 11 is 0. The predicted octanol–water partition coefficient (Wildman–Crippen LogP) is 4.94. The van der Waals surface area contributed by atoms with Gasteiger partial charge in [-0.15, -0.1) is 0 Å². The molecule has 0 saturated heterocycles. The van der Waals surface area contributed by atoms with Crippen LogP contribution in [0.5, 0.6) is 0 Å². The summed E-state index contributed by atoms with van der Waals surface area (Å²) in [5.41, 5.74) is 5.30. The number of hydrogen-bond acceptors (Lipinski definition) is 4. The molecule has 0 fully saturated rings. The Bertz CT molecular complexity index is 1070. The molecule has 6 nitrogen and oxygen atoms in total. The molecule has 1 aliphatic carbocycles. The summed E-state index contributed by atoms with van der Waals surface area (Å²) in [4.78, 5) is 30.5. The van der Waals surface area contributed by atoms with Gasteiger partial charge in [-0.2, -0.15) is 0 Å². The van der Waals surface area contributed by atoms with E-state index in [0.717, 1.165) is 27.8 Å². The molecule has 1 amide bonds. The second-order valence-corrected chi connectivity index (χ2v) is 8.31. The lowest BCUT2D eigenvalue weighted by Gasteiger charge is -2.31. The van der Waals surface area contributed by atoms with Gasteiger partial charge in [0.2, 0.25) is 0 Å². The summed E-state index contributed by atoms with van der Waals surface area (Å²) in [5.74, 6) is -1.42.